The summed E-state index contributed by atoms with van der Waals surface area (Å²) >= 11 is 11.2. The van der Waals surface area contributed by atoms with E-state index in [2.05, 4.69) is 21.2 Å². The molecule has 3 nitrogen and oxygen atoms in total. The van der Waals surface area contributed by atoms with Gasteiger partial charge >= 0.3 is 0 Å². The molecule has 1 atom stereocenters. The molecule has 0 fully saturated rings. The van der Waals surface area contributed by atoms with Crippen LogP contribution in [0.5, 0.6) is 0 Å². The molecule has 0 saturated heterocycles. The average Bonchev–Trinajstić information content (AvgIpc) is 2.90. The fourth-order valence-corrected chi connectivity index (χ4v) is 4.09. The summed E-state index contributed by atoms with van der Waals surface area (Å²) in [5.41, 5.74) is 3.33. The Morgan fingerprint density at radius 1 is 1.45 bits per heavy atom. The molecular formula is C14H11BrClNO2S. The van der Waals surface area contributed by atoms with E-state index in [1.54, 1.807) is 6.07 Å². The first-order valence-corrected chi connectivity index (χ1v) is 8.00. The van der Waals surface area contributed by atoms with E-state index in [1.807, 2.05) is 19.1 Å². The maximum absolute atomic E-state index is 11.4. The summed E-state index contributed by atoms with van der Waals surface area (Å²) in [4.78, 5) is 12.2. The van der Waals surface area contributed by atoms with Crippen molar-refractivity contribution in [1.82, 2.24) is 0 Å². The number of benzene rings is 1. The monoisotopic (exact) mass is 371 g/mol. The summed E-state index contributed by atoms with van der Waals surface area (Å²) in [5.74, 6) is -0.0441. The van der Waals surface area contributed by atoms with Crippen LogP contribution >= 0.6 is 38.9 Å². The molecule has 2 heterocycles. The van der Waals surface area contributed by atoms with Crippen LogP contribution in [0.15, 0.2) is 22.0 Å². The second-order valence-electron chi connectivity index (χ2n) is 4.76. The van der Waals surface area contributed by atoms with Crippen LogP contribution in [0.2, 0.25) is 5.02 Å². The maximum Gasteiger partial charge on any atom is 0.228 e. The van der Waals surface area contributed by atoms with Crippen LogP contribution in [0.1, 0.15) is 27.7 Å². The highest BCUT2D eigenvalue weighted by atomic mass is 79.9. The molecule has 1 unspecified atom stereocenters. The maximum atomic E-state index is 11.4. The third-order valence-electron chi connectivity index (χ3n) is 3.29. The van der Waals surface area contributed by atoms with Gasteiger partial charge in [-0.1, -0.05) is 11.6 Å². The molecule has 1 aromatic carbocycles. The number of amides is 1. The summed E-state index contributed by atoms with van der Waals surface area (Å²) in [7, 11) is 0. The molecule has 1 aliphatic heterocycles. The molecule has 1 aromatic heterocycles. The Bertz CT molecular complexity index is 694. The van der Waals surface area contributed by atoms with Crippen molar-refractivity contribution in [2.75, 3.05) is 5.32 Å². The lowest BCUT2D eigenvalue weighted by atomic mass is 10.0. The second kappa shape index (κ2) is 5.15. The highest BCUT2D eigenvalue weighted by molar-refractivity contribution is 9.11. The predicted octanol–water partition coefficient (Wildman–Crippen LogP) is 4.05. The predicted molar refractivity (Wildman–Crippen MR) is 84.6 cm³/mol. The lowest BCUT2D eigenvalue weighted by molar-refractivity contribution is -0.115. The van der Waals surface area contributed by atoms with Crippen molar-refractivity contribution in [2.24, 2.45) is 0 Å². The zero-order chi connectivity index (χ0) is 14.4. The zero-order valence-electron chi connectivity index (χ0n) is 10.5. The summed E-state index contributed by atoms with van der Waals surface area (Å²) in [6, 6.07) is 5.45. The van der Waals surface area contributed by atoms with Gasteiger partial charge in [0.1, 0.15) is 6.10 Å². The number of aliphatic hydroxyl groups excluding tert-OH is 1. The third kappa shape index (κ3) is 2.39. The van der Waals surface area contributed by atoms with Gasteiger partial charge in [0.25, 0.3) is 0 Å². The number of hydrogen-bond acceptors (Lipinski definition) is 3. The van der Waals surface area contributed by atoms with E-state index < -0.39 is 6.10 Å². The first-order valence-electron chi connectivity index (χ1n) is 6.02. The Hall–Kier alpha value is -0.880. The second-order valence-corrected chi connectivity index (χ2v) is 7.57. The lowest BCUT2D eigenvalue weighted by Crippen LogP contribution is -2.03. The van der Waals surface area contributed by atoms with Crippen LogP contribution in [-0.2, 0) is 11.2 Å². The van der Waals surface area contributed by atoms with Crippen LogP contribution in [0.4, 0.5) is 5.69 Å². The van der Waals surface area contributed by atoms with E-state index in [9.17, 15) is 9.90 Å². The fourth-order valence-electron chi connectivity index (χ4n) is 2.25. The minimum absolute atomic E-state index is 0.0441. The molecular weight excluding hydrogens is 362 g/mol. The third-order valence-corrected chi connectivity index (χ3v) is 5.80. The van der Waals surface area contributed by atoms with Crippen LogP contribution in [0.3, 0.4) is 0 Å². The summed E-state index contributed by atoms with van der Waals surface area (Å²) in [6.07, 6.45) is -0.446. The Balaban J connectivity index is 2.02. The highest BCUT2D eigenvalue weighted by Crippen LogP contribution is 2.39. The molecule has 0 bridgehead atoms. The van der Waals surface area contributed by atoms with Crippen molar-refractivity contribution in [2.45, 2.75) is 19.4 Å². The molecule has 2 aromatic rings. The van der Waals surface area contributed by atoms with Gasteiger partial charge < -0.3 is 10.4 Å². The Morgan fingerprint density at radius 2 is 2.20 bits per heavy atom. The quantitative estimate of drug-likeness (QED) is 0.835. The number of carbonyl (C=O) groups excluding carboxylic acids is 1. The summed E-state index contributed by atoms with van der Waals surface area (Å²) in [5, 5.41) is 13.7. The molecule has 3 rings (SSSR count). The van der Waals surface area contributed by atoms with Crippen molar-refractivity contribution in [1.29, 1.82) is 0 Å². The SMILES string of the molecule is Cc1cc(C(O)c2cc3c(cc2Cl)NC(=O)C3)sc1Br. The highest BCUT2D eigenvalue weighted by Gasteiger charge is 2.23. The number of aryl methyl sites for hydroxylation is 1. The van der Waals surface area contributed by atoms with E-state index in [1.165, 1.54) is 11.3 Å². The van der Waals surface area contributed by atoms with Crippen LogP contribution in [0, 0.1) is 6.92 Å². The number of carbonyl (C=O) groups is 1. The molecule has 0 spiro atoms. The molecule has 1 aliphatic rings. The Labute approximate surface area is 133 Å². The topological polar surface area (TPSA) is 49.3 Å². The van der Waals surface area contributed by atoms with E-state index in [-0.39, 0.29) is 5.91 Å². The number of fused-ring (bicyclic) bond motifs is 1. The number of aliphatic hydroxyl groups is 1. The van der Waals surface area contributed by atoms with Crippen LogP contribution in [0.25, 0.3) is 0 Å². The first kappa shape index (κ1) is 14.1. The van der Waals surface area contributed by atoms with Gasteiger partial charge in [-0.05, 0) is 52.2 Å². The Morgan fingerprint density at radius 3 is 2.85 bits per heavy atom. The summed E-state index contributed by atoms with van der Waals surface area (Å²) in [6.45, 7) is 1.98. The number of anilines is 1. The molecule has 1 amide bonds. The van der Waals surface area contributed by atoms with Crippen LogP contribution in [-0.4, -0.2) is 11.0 Å². The molecule has 0 aliphatic carbocycles. The van der Waals surface area contributed by atoms with E-state index in [4.69, 9.17) is 11.6 Å². The molecule has 0 saturated carbocycles. The lowest BCUT2D eigenvalue weighted by Gasteiger charge is -2.13. The van der Waals surface area contributed by atoms with E-state index in [0.29, 0.717) is 17.0 Å². The molecule has 104 valence electrons. The largest absolute Gasteiger partial charge is 0.383 e. The number of halogens is 2. The van der Waals surface area contributed by atoms with Gasteiger partial charge in [0.05, 0.1) is 10.2 Å². The standard InChI is InChI=1S/C14H11BrClNO2S/c1-6-2-11(20-14(6)15)13(19)8-3-7-4-12(18)17-10(7)5-9(8)16/h2-3,5,13,19H,4H2,1H3,(H,17,18). The molecule has 6 heteroatoms. The van der Waals surface area contributed by atoms with Crippen molar-refractivity contribution in [3.63, 3.8) is 0 Å². The van der Waals surface area contributed by atoms with Crippen molar-refractivity contribution >= 4 is 50.5 Å². The van der Waals surface area contributed by atoms with E-state index >= 15 is 0 Å². The minimum Gasteiger partial charge on any atom is -0.383 e. The van der Waals surface area contributed by atoms with E-state index in [0.717, 1.165) is 25.5 Å². The van der Waals surface area contributed by atoms with Crippen molar-refractivity contribution in [3.8, 4) is 0 Å². The zero-order valence-corrected chi connectivity index (χ0v) is 13.7. The minimum atomic E-state index is -0.779. The average molecular weight is 373 g/mol. The number of thiophene rings is 1. The van der Waals surface area contributed by atoms with Crippen LogP contribution < -0.4 is 5.32 Å². The summed E-state index contributed by atoms with van der Waals surface area (Å²) < 4.78 is 1.00. The molecule has 0 radical (unpaired) electrons. The first-order chi connectivity index (χ1) is 9.45. The van der Waals surface area contributed by atoms with Crippen molar-refractivity contribution in [3.05, 3.63) is 48.6 Å². The van der Waals surface area contributed by atoms with Gasteiger partial charge in [-0.15, -0.1) is 11.3 Å². The van der Waals surface area contributed by atoms with Gasteiger partial charge in [0.2, 0.25) is 5.91 Å². The smallest absolute Gasteiger partial charge is 0.228 e. The van der Waals surface area contributed by atoms with Crippen molar-refractivity contribution < 1.29 is 9.90 Å². The van der Waals surface area contributed by atoms with Gasteiger partial charge in [0.15, 0.2) is 0 Å². The van der Waals surface area contributed by atoms with Gasteiger partial charge in [-0.3, -0.25) is 4.79 Å². The van der Waals surface area contributed by atoms with Gasteiger partial charge in [-0.25, -0.2) is 0 Å². The molecule has 20 heavy (non-hydrogen) atoms. The number of hydrogen-bond donors (Lipinski definition) is 2. The Kier molecular flexibility index (Phi) is 3.62. The number of nitrogens with one attached hydrogen (secondary N) is 1. The van der Waals surface area contributed by atoms with Gasteiger partial charge in [-0.2, -0.15) is 0 Å². The van der Waals surface area contributed by atoms with Gasteiger partial charge in [0, 0.05) is 21.2 Å². The number of rotatable bonds is 2. The molecule has 2 N–H and O–H groups in total. The fraction of sp³-hybridized carbons (Fsp3) is 0.214. The normalized spacial score (nSPS) is 15.1.